The number of nitrogens with one attached hydrogen (secondary N) is 1. The molecule has 0 bridgehead atoms. The second-order valence-corrected chi connectivity index (χ2v) is 7.81. The fourth-order valence-corrected chi connectivity index (χ4v) is 3.79. The highest BCUT2D eigenvalue weighted by Gasteiger charge is 2.24. The van der Waals surface area contributed by atoms with Crippen LogP contribution in [-0.2, 0) is 9.53 Å². The molecule has 1 amide bonds. The summed E-state index contributed by atoms with van der Waals surface area (Å²) in [6.45, 7) is 1.36. The van der Waals surface area contributed by atoms with Crippen molar-refractivity contribution in [2.75, 3.05) is 11.9 Å². The minimum Gasteiger partial charge on any atom is -0.454 e. The second-order valence-electron chi connectivity index (χ2n) is 5.58. The van der Waals surface area contributed by atoms with Crippen LogP contribution in [0, 0.1) is 0 Å². The van der Waals surface area contributed by atoms with Crippen LogP contribution in [0.3, 0.4) is 0 Å². The molecule has 1 heterocycles. The number of Topliss-reactive ketones (excluding diaryl/α,β-unsaturated/α-hetero) is 1. The molecule has 0 fully saturated rings. The SMILES string of the molecule is C[C@H]1Sc2ccc(C(=O)OCC(=O)c3ccc(Cl)cc3Cl)cc2NC1=O. The predicted octanol–water partition coefficient (Wildman–Crippen LogP) is 4.47. The summed E-state index contributed by atoms with van der Waals surface area (Å²) in [6, 6.07) is 9.33. The van der Waals surface area contributed by atoms with Crippen molar-refractivity contribution in [3.63, 3.8) is 0 Å². The van der Waals surface area contributed by atoms with Crippen LogP contribution in [0.4, 0.5) is 5.69 Å². The van der Waals surface area contributed by atoms with Crippen molar-refractivity contribution in [1.82, 2.24) is 0 Å². The first-order chi connectivity index (χ1) is 12.3. The number of hydrogen-bond donors (Lipinski definition) is 1. The summed E-state index contributed by atoms with van der Waals surface area (Å²) < 4.78 is 5.07. The predicted molar refractivity (Wildman–Crippen MR) is 101 cm³/mol. The number of ether oxygens (including phenoxy) is 1. The van der Waals surface area contributed by atoms with Crippen molar-refractivity contribution in [3.8, 4) is 0 Å². The third kappa shape index (κ3) is 4.03. The van der Waals surface area contributed by atoms with E-state index in [4.69, 9.17) is 27.9 Å². The molecule has 1 aliphatic rings. The average Bonchev–Trinajstić information content (AvgIpc) is 2.60. The lowest BCUT2D eigenvalue weighted by Gasteiger charge is -2.21. The van der Waals surface area contributed by atoms with Crippen molar-refractivity contribution in [2.45, 2.75) is 17.1 Å². The Kier molecular flexibility index (Phi) is 5.55. The van der Waals surface area contributed by atoms with Gasteiger partial charge in [0.05, 0.1) is 21.5 Å². The van der Waals surface area contributed by atoms with E-state index in [0.717, 1.165) is 4.90 Å². The number of fused-ring (bicyclic) bond motifs is 1. The van der Waals surface area contributed by atoms with Gasteiger partial charge < -0.3 is 10.1 Å². The molecule has 1 atom stereocenters. The number of hydrogen-bond acceptors (Lipinski definition) is 5. The Morgan fingerprint density at radius 1 is 1.19 bits per heavy atom. The number of esters is 1. The van der Waals surface area contributed by atoms with Gasteiger partial charge in [0.25, 0.3) is 0 Å². The first-order valence-corrected chi connectivity index (χ1v) is 9.25. The molecule has 134 valence electrons. The molecular weight excluding hydrogens is 397 g/mol. The van der Waals surface area contributed by atoms with Crippen LogP contribution in [0.1, 0.15) is 27.6 Å². The fourth-order valence-electron chi connectivity index (χ4n) is 2.34. The van der Waals surface area contributed by atoms with Gasteiger partial charge in [-0.2, -0.15) is 0 Å². The standard InChI is InChI=1S/C18H13Cl2NO4S/c1-9-17(23)21-14-6-10(2-5-16(14)26-9)18(24)25-8-15(22)12-4-3-11(19)7-13(12)20/h2-7,9H,8H2,1H3,(H,21,23)/t9-/m1/s1. The molecule has 2 aromatic carbocycles. The van der Waals surface area contributed by atoms with Gasteiger partial charge in [0.1, 0.15) is 0 Å². The van der Waals surface area contributed by atoms with Crippen molar-refractivity contribution in [3.05, 3.63) is 57.6 Å². The first kappa shape index (κ1) is 18.8. The van der Waals surface area contributed by atoms with Crippen LogP contribution in [0.25, 0.3) is 0 Å². The monoisotopic (exact) mass is 409 g/mol. The summed E-state index contributed by atoms with van der Waals surface area (Å²) in [4.78, 5) is 37.0. The summed E-state index contributed by atoms with van der Waals surface area (Å²) in [6.07, 6.45) is 0. The Hall–Kier alpha value is -2.02. The number of carbonyl (C=O) groups is 3. The van der Waals surface area contributed by atoms with Crippen LogP contribution in [0.15, 0.2) is 41.3 Å². The zero-order valence-corrected chi connectivity index (χ0v) is 15.9. The average molecular weight is 410 g/mol. The molecule has 1 N–H and O–H groups in total. The van der Waals surface area contributed by atoms with Gasteiger partial charge >= 0.3 is 5.97 Å². The number of amides is 1. The van der Waals surface area contributed by atoms with E-state index in [1.165, 1.54) is 36.0 Å². The Morgan fingerprint density at radius 2 is 1.96 bits per heavy atom. The Balaban J connectivity index is 1.68. The molecule has 8 heteroatoms. The molecule has 0 saturated carbocycles. The number of anilines is 1. The van der Waals surface area contributed by atoms with Gasteiger partial charge in [-0.1, -0.05) is 23.2 Å². The van der Waals surface area contributed by atoms with Crippen LogP contribution >= 0.6 is 35.0 Å². The van der Waals surface area contributed by atoms with Gasteiger partial charge in [-0.3, -0.25) is 9.59 Å². The minimum atomic E-state index is -0.663. The lowest BCUT2D eigenvalue weighted by atomic mass is 10.1. The van der Waals surface area contributed by atoms with E-state index in [-0.39, 0.29) is 27.3 Å². The van der Waals surface area contributed by atoms with E-state index in [1.807, 2.05) is 0 Å². The van der Waals surface area contributed by atoms with Crippen LogP contribution < -0.4 is 5.32 Å². The first-order valence-electron chi connectivity index (χ1n) is 7.62. The normalized spacial score (nSPS) is 15.8. The molecule has 0 spiro atoms. The fraction of sp³-hybridized carbons (Fsp3) is 0.167. The Bertz CT molecular complexity index is 916. The lowest BCUT2D eigenvalue weighted by Crippen LogP contribution is -2.26. The number of ketones is 1. The third-order valence-electron chi connectivity index (χ3n) is 3.71. The maximum atomic E-state index is 12.2. The second kappa shape index (κ2) is 7.70. The molecule has 2 aromatic rings. The van der Waals surface area contributed by atoms with E-state index in [2.05, 4.69) is 5.32 Å². The highest BCUT2D eigenvalue weighted by atomic mass is 35.5. The van der Waals surface area contributed by atoms with Crippen LogP contribution in [0.5, 0.6) is 0 Å². The zero-order chi connectivity index (χ0) is 18.8. The zero-order valence-electron chi connectivity index (χ0n) is 13.5. The van der Waals surface area contributed by atoms with Crippen molar-refractivity contribution in [1.29, 1.82) is 0 Å². The van der Waals surface area contributed by atoms with Gasteiger partial charge in [-0.05, 0) is 43.3 Å². The summed E-state index contributed by atoms with van der Waals surface area (Å²) in [5.41, 5.74) is 1.03. The highest BCUT2D eigenvalue weighted by Crippen LogP contribution is 2.36. The van der Waals surface area contributed by atoms with Gasteiger partial charge in [-0.15, -0.1) is 11.8 Å². The van der Waals surface area contributed by atoms with E-state index in [0.29, 0.717) is 10.7 Å². The molecule has 0 radical (unpaired) electrons. The Morgan fingerprint density at radius 3 is 2.69 bits per heavy atom. The minimum absolute atomic E-state index is 0.124. The van der Waals surface area contributed by atoms with Crippen molar-refractivity contribution < 1.29 is 19.1 Å². The number of rotatable bonds is 4. The quantitative estimate of drug-likeness (QED) is 0.595. The Labute approximate surface area is 164 Å². The summed E-state index contributed by atoms with van der Waals surface area (Å²) >= 11 is 13.2. The topological polar surface area (TPSA) is 72.5 Å². The number of halogens is 2. The van der Waals surface area contributed by atoms with E-state index >= 15 is 0 Å². The van der Waals surface area contributed by atoms with Gasteiger partial charge in [0.2, 0.25) is 11.7 Å². The molecule has 0 unspecified atom stereocenters. The molecule has 0 aliphatic carbocycles. The molecule has 5 nitrogen and oxygen atoms in total. The molecule has 0 saturated heterocycles. The van der Waals surface area contributed by atoms with Gasteiger partial charge in [-0.25, -0.2) is 4.79 Å². The number of thioether (sulfide) groups is 1. The van der Waals surface area contributed by atoms with Gasteiger partial charge in [0, 0.05) is 15.5 Å². The van der Waals surface area contributed by atoms with E-state index in [9.17, 15) is 14.4 Å². The molecule has 26 heavy (non-hydrogen) atoms. The highest BCUT2D eigenvalue weighted by molar-refractivity contribution is 8.00. The number of benzene rings is 2. The van der Waals surface area contributed by atoms with Crippen molar-refractivity contribution >= 4 is 58.3 Å². The molecular formula is C18H13Cl2NO4S. The smallest absolute Gasteiger partial charge is 0.338 e. The van der Waals surface area contributed by atoms with Gasteiger partial charge in [0.15, 0.2) is 6.61 Å². The summed E-state index contributed by atoms with van der Waals surface area (Å²) in [5.74, 6) is -1.22. The third-order valence-corrected chi connectivity index (χ3v) is 5.44. The summed E-state index contributed by atoms with van der Waals surface area (Å²) in [7, 11) is 0. The maximum absolute atomic E-state index is 12.2. The molecule has 1 aliphatic heterocycles. The lowest BCUT2D eigenvalue weighted by molar-refractivity contribution is -0.115. The summed E-state index contributed by atoms with van der Waals surface area (Å²) in [5, 5.41) is 3.16. The molecule has 3 rings (SSSR count). The van der Waals surface area contributed by atoms with Crippen molar-refractivity contribution in [2.24, 2.45) is 0 Å². The largest absolute Gasteiger partial charge is 0.454 e. The van der Waals surface area contributed by atoms with E-state index in [1.54, 1.807) is 19.1 Å². The van der Waals surface area contributed by atoms with Crippen LogP contribution in [0.2, 0.25) is 10.0 Å². The van der Waals surface area contributed by atoms with E-state index < -0.39 is 18.4 Å². The maximum Gasteiger partial charge on any atom is 0.338 e. The number of carbonyl (C=O) groups excluding carboxylic acids is 3. The van der Waals surface area contributed by atoms with Crippen LogP contribution in [-0.4, -0.2) is 29.5 Å². The molecule has 0 aromatic heterocycles.